The maximum atomic E-state index is 8.86. The molecule has 0 spiro atoms. The highest BCUT2D eigenvalue weighted by Gasteiger charge is 2.02. The molecule has 2 aromatic heterocycles. The van der Waals surface area contributed by atoms with E-state index in [9.17, 15) is 0 Å². The van der Waals surface area contributed by atoms with Gasteiger partial charge in [-0.05, 0) is 19.1 Å². The van der Waals surface area contributed by atoms with Gasteiger partial charge < -0.3 is 14.4 Å². The number of hydrogen-bond donors (Lipinski definition) is 1. The zero-order valence-corrected chi connectivity index (χ0v) is 9.71. The van der Waals surface area contributed by atoms with Gasteiger partial charge in [-0.1, -0.05) is 0 Å². The molecule has 0 atom stereocenters. The summed E-state index contributed by atoms with van der Waals surface area (Å²) in [4.78, 5) is 8.25. The number of rotatable bonds is 5. The monoisotopic (exact) mass is 233 g/mol. The van der Waals surface area contributed by atoms with Gasteiger partial charge in [-0.3, -0.25) is 4.98 Å². The lowest BCUT2D eigenvalue weighted by Gasteiger charge is -2.07. The van der Waals surface area contributed by atoms with Crippen LogP contribution in [0, 0.1) is 0 Å². The molecule has 5 nitrogen and oxygen atoms in total. The van der Waals surface area contributed by atoms with Crippen molar-refractivity contribution in [3.63, 3.8) is 0 Å². The van der Waals surface area contributed by atoms with Crippen molar-refractivity contribution in [3.8, 4) is 5.75 Å². The molecule has 2 heterocycles. The second-order valence-electron chi connectivity index (χ2n) is 3.56. The molecule has 2 rings (SSSR count). The zero-order chi connectivity index (χ0) is 12.1. The fraction of sp³-hybridized carbons (Fsp3) is 0.333. The average Bonchev–Trinajstić information content (AvgIpc) is 2.84. The largest absolute Gasteiger partial charge is 0.484 e. The molecule has 0 aliphatic carbocycles. The van der Waals surface area contributed by atoms with Crippen LogP contribution in [-0.2, 0) is 19.8 Å². The third-order valence-electron chi connectivity index (χ3n) is 2.47. The first-order valence-electron chi connectivity index (χ1n) is 5.52. The van der Waals surface area contributed by atoms with Crippen LogP contribution in [0.5, 0.6) is 5.75 Å². The summed E-state index contributed by atoms with van der Waals surface area (Å²) in [5.74, 6) is 1.56. The predicted molar refractivity (Wildman–Crippen MR) is 62.4 cm³/mol. The molecule has 0 saturated carbocycles. The molecule has 0 unspecified atom stereocenters. The molecule has 0 radical (unpaired) electrons. The molecule has 0 bridgehead atoms. The summed E-state index contributed by atoms with van der Waals surface area (Å²) in [6, 6.07) is 3.53. The summed E-state index contributed by atoms with van der Waals surface area (Å²) in [7, 11) is 0. The smallest absolute Gasteiger partial charge is 0.146 e. The van der Waals surface area contributed by atoms with Crippen LogP contribution in [0.25, 0.3) is 0 Å². The van der Waals surface area contributed by atoms with Gasteiger partial charge >= 0.3 is 0 Å². The van der Waals surface area contributed by atoms with Crippen molar-refractivity contribution in [2.45, 2.75) is 26.7 Å². The number of imidazole rings is 1. The van der Waals surface area contributed by atoms with Crippen LogP contribution in [0.1, 0.15) is 18.4 Å². The lowest BCUT2D eigenvalue weighted by molar-refractivity contribution is 0.273. The van der Waals surface area contributed by atoms with E-state index in [0.29, 0.717) is 18.1 Å². The molecule has 0 amide bonds. The third kappa shape index (κ3) is 2.82. The van der Waals surface area contributed by atoms with E-state index < -0.39 is 0 Å². The predicted octanol–water partition coefficient (Wildman–Crippen LogP) is 1.37. The maximum Gasteiger partial charge on any atom is 0.146 e. The number of aromatic nitrogens is 3. The number of aliphatic hydroxyl groups excluding tert-OH is 1. The van der Waals surface area contributed by atoms with Crippen molar-refractivity contribution in [1.82, 2.24) is 14.5 Å². The second-order valence-corrected chi connectivity index (χ2v) is 3.56. The van der Waals surface area contributed by atoms with Crippen LogP contribution in [-0.4, -0.2) is 19.6 Å². The normalized spacial score (nSPS) is 10.5. The summed E-state index contributed by atoms with van der Waals surface area (Å²) >= 11 is 0. The molecule has 0 fully saturated rings. The fourth-order valence-corrected chi connectivity index (χ4v) is 1.51. The topological polar surface area (TPSA) is 60.2 Å². The van der Waals surface area contributed by atoms with E-state index in [4.69, 9.17) is 9.84 Å². The molecule has 17 heavy (non-hydrogen) atoms. The number of ether oxygens (including phenoxy) is 1. The van der Waals surface area contributed by atoms with Crippen LogP contribution < -0.4 is 4.74 Å². The van der Waals surface area contributed by atoms with E-state index >= 15 is 0 Å². The van der Waals surface area contributed by atoms with Gasteiger partial charge in [0.25, 0.3) is 0 Å². The SMILES string of the molecule is CCn1ccnc1COc1ccc(CO)nc1. The Hall–Kier alpha value is -1.88. The average molecular weight is 233 g/mol. The molecule has 5 heteroatoms. The molecule has 1 N–H and O–H groups in total. The first-order chi connectivity index (χ1) is 8.33. The molecule has 0 aliphatic rings. The Bertz CT molecular complexity index is 465. The summed E-state index contributed by atoms with van der Waals surface area (Å²) in [5, 5.41) is 8.86. The molecule has 90 valence electrons. The minimum Gasteiger partial charge on any atom is -0.484 e. The number of pyridine rings is 1. The van der Waals surface area contributed by atoms with Gasteiger partial charge in [0.05, 0.1) is 18.5 Å². The first kappa shape index (κ1) is 11.6. The summed E-state index contributed by atoms with van der Waals surface area (Å²) in [5.41, 5.74) is 0.632. The van der Waals surface area contributed by atoms with Crippen molar-refractivity contribution in [2.75, 3.05) is 0 Å². The maximum absolute atomic E-state index is 8.86. The van der Waals surface area contributed by atoms with Crippen molar-refractivity contribution in [1.29, 1.82) is 0 Å². The zero-order valence-electron chi connectivity index (χ0n) is 9.71. The highest BCUT2D eigenvalue weighted by Crippen LogP contribution is 2.11. The van der Waals surface area contributed by atoms with E-state index in [1.165, 1.54) is 0 Å². The Morgan fingerprint density at radius 3 is 2.88 bits per heavy atom. The summed E-state index contributed by atoms with van der Waals surface area (Å²) in [6.45, 7) is 3.30. The van der Waals surface area contributed by atoms with Gasteiger partial charge in [-0.25, -0.2) is 4.98 Å². The molecular weight excluding hydrogens is 218 g/mol. The van der Waals surface area contributed by atoms with Crippen LogP contribution in [0.3, 0.4) is 0 Å². The highest BCUT2D eigenvalue weighted by atomic mass is 16.5. The summed E-state index contributed by atoms with van der Waals surface area (Å²) < 4.78 is 7.59. The molecule has 0 aromatic carbocycles. The number of aliphatic hydroxyl groups is 1. The summed E-state index contributed by atoms with van der Waals surface area (Å²) in [6.07, 6.45) is 5.28. The Morgan fingerprint density at radius 2 is 2.24 bits per heavy atom. The lowest BCUT2D eigenvalue weighted by atomic mass is 10.3. The van der Waals surface area contributed by atoms with Gasteiger partial charge in [0.1, 0.15) is 18.2 Å². The Morgan fingerprint density at radius 1 is 1.35 bits per heavy atom. The van der Waals surface area contributed by atoms with Gasteiger partial charge in [-0.2, -0.15) is 0 Å². The van der Waals surface area contributed by atoms with Crippen molar-refractivity contribution in [2.24, 2.45) is 0 Å². The number of nitrogens with zero attached hydrogens (tertiary/aromatic N) is 3. The van der Waals surface area contributed by atoms with Gasteiger partial charge in [0.15, 0.2) is 0 Å². The molecular formula is C12H15N3O2. The lowest BCUT2D eigenvalue weighted by Crippen LogP contribution is -2.05. The van der Waals surface area contributed by atoms with Crippen LogP contribution in [0.2, 0.25) is 0 Å². The third-order valence-corrected chi connectivity index (χ3v) is 2.47. The van der Waals surface area contributed by atoms with Crippen LogP contribution in [0.15, 0.2) is 30.7 Å². The highest BCUT2D eigenvalue weighted by molar-refractivity contribution is 5.19. The minimum absolute atomic E-state index is 0.0550. The quantitative estimate of drug-likeness (QED) is 0.847. The standard InChI is InChI=1S/C12H15N3O2/c1-2-15-6-5-13-12(15)9-17-11-4-3-10(8-16)14-7-11/h3-7,16H,2,8-9H2,1H3. The Balaban J connectivity index is 1.97. The second kappa shape index (κ2) is 5.45. The van der Waals surface area contributed by atoms with E-state index in [2.05, 4.69) is 16.9 Å². The van der Waals surface area contributed by atoms with Gasteiger partial charge in [0.2, 0.25) is 0 Å². The van der Waals surface area contributed by atoms with Gasteiger partial charge in [0, 0.05) is 18.9 Å². The minimum atomic E-state index is -0.0550. The van der Waals surface area contributed by atoms with Crippen molar-refractivity contribution in [3.05, 3.63) is 42.2 Å². The van der Waals surface area contributed by atoms with E-state index in [1.54, 1.807) is 24.5 Å². The van der Waals surface area contributed by atoms with Crippen LogP contribution >= 0.6 is 0 Å². The molecule has 0 saturated heterocycles. The molecule has 2 aromatic rings. The first-order valence-corrected chi connectivity index (χ1v) is 5.52. The van der Waals surface area contributed by atoms with Gasteiger partial charge in [-0.15, -0.1) is 0 Å². The number of hydrogen-bond acceptors (Lipinski definition) is 4. The van der Waals surface area contributed by atoms with E-state index in [1.807, 2.05) is 10.8 Å². The molecule has 0 aliphatic heterocycles. The van der Waals surface area contributed by atoms with Crippen molar-refractivity contribution >= 4 is 0 Å². The number of aryl methyl sites for hydroxylation is 1. The van der Waals surface area contributed by atoms with E-state index in [-0.39, 0.29) is 6.61 Å². The van der Waals surface area contributed by atoms with E-state index in [0.717, 1.165) is 12.4 Å². The van der Waals surface area contributed by atoms with Crippen molar-refractivity contribution < 1.29 is 9.84 Å². The Kier molecular flexibility index (Phi) is 3.72. The van der Waals surface area contributed by atoms with Crippen LogP contribution in [0.4, 0.5) is 0 Å². The fourth-order valence-electron chi connectivity index (χ4n) is 1.51. The Labute approximate surface area is 99.7 Å².